The number of methoxy groups -OCH3 is 2. The number of esters is 1. The van der Waals surface area contributed by atoms with Gasteiger partial charge in [-0.25, -0.2) is 18.4 Å². The topological polar surface area (TPSA) is 97.7 Å². The molecule has 2 heterocycles. The molecule has 37 heavy (non-hydrogen) atoms. The van der Waals surface area contributed by atoms with Crippen LogP contribution in [0.2, 0.25) is 0 Å². The van der Waals surface area contributed by atoms with Crippen LogP contribution in [0.15, 0.2) is 54.1 Å². The summed E-state index contributed by atoms with van der Waals surface area (Å²) in [5.41, 5.74) is 1.82. The summed E-state index contributed by atoms with van der Waals surface area (Å²) >= 11 is 0. The normalized spacial score (nSPS) is 21.8. The van der Waals surface area contributed by atoms with Crippen molar-refractivity contribution in [3.8, 4) is 11.3 Å². The molecule has 2 N–H and O–H groups in total. The van der Waals surface area contributed by atoms with Crippen molar-refractivity contribution in [3.63, 3.8) is 0 Å². The molecule has 1 aromatic carbocycles. The number of carbonyl (C=O) groups excluding carboxylic acids is 2. The van der Waals surface area contributed by atoms with Gasteiger partial charge in [-0.15, -0.1) is 0 Å². The van der Waals surface area contributed by atoms with Crippen molar-refractivity contribution in [2.45, 2.75) is 12.5 Å². The molecule has 1 aromatic heterocycles. The Morgan fingerprint density at radius 3 is 2.59 bits per heavy atom. The predicted molar refractivity (Wildman–Crippen MR) is 134 cm³/mol. The van der Waals surface area contributed by atoms with Gasteiger partial charge in [-0.3, -0.25) is 14.9 Å². The molecule has 11 heteroatoms. The highest BCUT2D eigenvalue weighted by atomic mass is 19.2. The zero-order chi connectivity index (χ0) is 26.5. The number of nitrogens with one attached hydrogen (secondary N) is 2. The Morgan fingerprint density at radius 1 is 1.16 bits per heavy atom. The Hall–Kier alpha value is -3.57. The van der Waals surface area contributed by atoms with E-state index in [0.717, 1.165) is 5.56 Å². The summed E-state index contributed by atoms with van der Waals surface area (Å²) in [4.78, 5) is 26.8. The average Bonchev–Trinajstić information content (AvgIpc) is 3.46. The number of rotatable bonds is 8. The smallest absolute Gasteiger partial charge is 0.337 e. The number of aryl methyl sites for hydroxylation is 1. The molecule has 2 aliphatic rings. The second-order valence-electron chi connectivity index (χ2n) is 9.21. The van der Waals surface area contributed by atoms with Crippen LogP contribution < -0.4 is 10.6 Å². The van der Waals surface area contributed by atoms with Crippen LogP contribution >= 0.6 is 0 Å². The van der Waals surface area contributed by atoms with Gasteiger partial charge in [0.2, 0.25) is 0 Å². The van der Waals surface area contributed by atoms with Gasteiger partial charge in [0.25, 0.3) is 0 Å². The summed E-state index contributed by atoms with van der Waals surface area (Å²) < 4.78 is 39.0. The Kier molecular flexibility index (Phi) is 8.34. The highest BCUT2D eigenvalue weighted by Crippen LogP contribution is 2.35. The molecule has 1 aliphatic heterocycles. The van der Waals surface area contributed by atoms with Crippen molar-refractivity contribution in [2.75, 3.05) is 45.8 Å². The largest absolute Gasteiger partial charge is 0.465 e. The third-order valence-corrected chi connectivity index (χ3v) is 6.81. The van der Waals surface area contributed by atoms with E-state index in [2.05, 4.69) is 20.6 Å². The predicted octanol–water partition coefficient (Wildman–Crippen LogP) is 3.67. The zero-order valence-corrected chi connectivity index (χ0v) is 21.0. The second-order valence-corrected chi connectivity index (χ2v) is 9.21. The first kappa shape index (κ1) is 26.5. The average molecular weight is 516 g/mol. The van der Waals surface area contributed by atoms with Crippen molar-refractivity contribution in [3.05, 3.63) is 59.7 Å². The van der Waals surface area contributed by atoms with Crippen LogP contribution in [-0.4, -0.2) is 73.2 Å². The zero-order valence-electron chi connectivity index (χ0n) is 21.0. The van der Waals surface area contributed by atoms with E-state index in [9.17, 15) is 18.4 Å². The number of amides is 2. The maximum Gasteiger partial charge on any atom is 0.337 e. The van der Waals surface area contributed by atoms with Gasteiger partial charge >= 0.3 is 12.0 Å². The van der Waals surface area contributed by atoms with Gasteiger partial charge in [0, 0.05) is 57.9 Å². The van der Waals surface area contributed by atoms with Gasteiger partial charge in [-0.2, -0.15) is 5.10 Å². The highest BCUT2D eigenvalue weighted by Gasteiger charge is 2.39. The van der Waals surface area contributed by atoms with Crippen LogP contribution in [-0.2, 0) is 16.5 Å². The van der Waals surface area contributed by atoms with Gasteiger partial charge in [-0.1, -0.05) is 18.2 Å². The Balaban J connectivity index is 1.43. The van der Waals surface area contributed by atoms with E-state index >= 15 is 0 Å². The summed E-state index contributed by atoms with van der Waals surface area (Å²) in [6, 6.07) is 7.86. The molecule has 2 amide bonds. The third-order valence-electron chi connectivity index (χ3n) is 6.81. The molecule has 0 spiro atoms. The minimum atomic E-state index is -0.834. The van der Waals surface area contributed by atoms with Crippen molar-refractivity contribution in [1.29, 1.82) is 0 Å². The number of anilines is 1. The number of benzene rings is 1. The van der Waals surface area contributed by atoms with Crippen molar-refractivity contribution < 1.29 is 27.8 Å². The molecule has 1 fully saturated rings. The summed E-state index contributed by atoms with van der Waals surface area (Å²) in [6.07, 6.45) is 2.84. The number of likely N-dealkylation sites (tertiary alicyclic amines) is 1. The molecule has 2 aromatic rings. The fourth-order valence-corrected chi connectivity index (χ4v) is 4.81. The van der Waals surface area contributed by atoms with Gasteiger partial charge in [0.05, 0.1) is 25.0 Å². The van der Waals surface area contributed by atoms with Gasteiger partial charge < -0.3 is 14.8 Å². The molecular formula is C26H31F2N5O4. The van der Waals surface area contributed by atoms with Gasteiger partial charge in [0.15, 0.2) is 5.83 Å². The lowest BCUT2D eigenvalue weighted by Gasteiger charge is -2.27. The van der Waals surface area contributed by atoms with E-state index in [1.807, 2.05) is 0 Å². The van der Waals surface area contributed by atoms with E-state index < -0.39 is 23.7 Å². The van der Waals surface area contributed by atoms with E-state index in [4.69, 9.17) is 9.47 Å². The summed E-state index contributed by atoms with van der Waals surface area (Å²) in [5, 5.41) is 10.3. The molecule has 198 valence electrons. The summed E-state index contributed by atoms with van der Waals surface area (Å²) in [7, 11) is 4.66. The molecular weight excluding hydrogens is 484 g/mol. The first-order valence-corrected chi connectivity index (χ1v) is 12.0. The van der Waals surface area contributed by atoms with Gasteiger partial charge in [0.1, 0.15) is 11.6 Å². The third kappa shape index (κ3) is 6.23. The van der Waals surface area contributed by atoms with Crippen LogP contribution in [0, 0.1) is 11.8 Å². The summed E-state index contributed by atoms with van der Waals surface area (Å²) in [5.74, 6) is -1.86. The van der Waals surface area contributed by atoms with Gasteiger partial charge in [-0.05, 0) is 30.0 Å². The molecule has 3 atom stereocenters. The molecule has 1 saturated heterocycles. The Labute approximate surface area is 214 Å². The molecule has 0 bridgehead atoms. The number of ether oxygens (including phenoxy) is 2. The first-order chi connectivity index (χ1) is 17.8. The molecule has 0 radical (unpaired) electrons. The number of urea groups is 1. The van der Waals surface area contributed by atoms with Crippen LogP contribution in [0.4, 0.5) is 19.4 Å². The van der Waals surface area contributed by atoms with E-state index in [0.29, 0.717) is 43.3 Å². The fourth-order valence-electron chi connectivity index (χ4n) is 4.81. The molecule has 1 aliphatic carbocycles. The van der Waals surface area contributed by atoms with E-state index in [-0.39, 0.29) is 24.3 Å². The van der Waals surface area contributed by atoms with E-state index in [1.54, 1.807) is 55.2 Å². The maximum atomic E-state index is 14.0. The number of nitrogens with zero attached hydrogens (tertiary/aromatic N) is 3. The molecule has 4 rings (SSSR count). The highest BCUT2D eigenvalue weighted by molar-refractivity contribution is 5.90. The minimum Gasteiger partial charge on any atom is -0.465 e. The minimum absolute atomic E-state index is 0.0230. The quantitative estimate of drug-likeness (QED) is 0.521. The number of halogens is 2. The molecule has 1 unspecified atom stereocenters. The van der Waals surface area contributed by atoms with Crippen LogP contribution in [0.3, 0.4) is 0 Å². The number of hydrogen-bond acceptors (Lipinski definition) is 6. The van der Waals surface area contributed by atoms with Crippen molar-refractivity contribution >= 4 is 17.8 Å². The standard InChI is InChI=1S/C26H31F2N5O4/c1-32-24(13-22(31-32)16-4-6-17(7-5-16)25(34)37-3)30-26(35)29-23-15-33(10-11-36-2)14-19(23)18-8-9-20(27)21(28)12-18/h4-9,13,18-19,23H,10-12,14-15H2,1-3H3,(H2,29,30,35)/t18?,19-,23+/m0/s1. The second kappa shape index (κ2) is 11.7. The van der Waals surface area contributed by atoms with Crippen molar-refractivity contribution in [1.82, 2.24) is 20.0 Å². The van der Waals surface area contributed by atoms with Crippen LogP contribution in [0.25, 0.3) is 11.3 Å². The maximum absolute atomic E-state index is 14.0. The Bertz CT molecular complexity index is 1190. The number of allylic oxidation sites excluding steroid dienone is 4. The number of hydrogen-bond donors (Lipinski definition) is 2. The van der Waals surface area contributed by atoms with Crippen molar-refractivity contribution in [2.24, 2.45) is 18.9 Å². The summed E-state index contributed by atoms with van der Waals surface area (Å²) in [6.45, 7) is 2.42. The Morgan fingerprint density at radius 2 is 1.92 bits per heavy atom. The lowest BCUT2D eigenvalue weighted by Crippen LogP contribution is -2.45. The van der Waals surface area contributed by atoms with E-state index in [1.165, 1.54) is 13.2 Å². The SMILES string of the molecule is COCCN1C[C@@H](NC(=O)Nc2cc(-c3ccc(C(=O)OC)cc3)nn2C)[C@H](C2C=CC(F)=C(F)C2)C1. The van der Waals surface area contributed by atoms with Crippen LogP contribution in [0.1, 0.15) is 16.8 Å². The fraction of sp³-hybridized carbons (Fsp3) is 0.423. The van der Waals surface area contributed by atoms with Crippen LogP contribution in [0.5, 0.6) is 0 Å². The first-order valence-electron chi connectivity index (χ1n) is 12.0. The number of aromatic nitrogens is 2. The lowest BCUT2D eigenvalue weighted by atomic mass is 9.83. The lowest BCUT2D eigenvalue weighted by molar-refractivity contribution is 0.0600. The molecule has 9 nitrogen and oxygen atoms in total. The molecule has 0 saturated carbocycles. The monoisotopic (exact) mass is 515 g/mol. The number of carbonyl (C=O) groups is 2.